The monoisotopic (exact) mass is 481 g/mol. The van der Waals surface area contributed by atoms with Crippen LogP contribution in [0.15, 0.2) is 84.9 Å². The molecule has 2 atom stereocenters. The van der Waals surface area contributed by atoms with Crippen LogP contribution in [0.2, 0.25) is 0 Å². The summed E-state index contributed by atoms with van der Waals surface area (Å²) in [6.45, 7) is 0.937. The minimum absolute atomic E-state index is 0.171. The molecule has 182 valence electrons. The lowest BCUT2D eigenvalue weighted by atomic mass is 10.0. The molecule has 5 rings (SSSR count). The van der Waals surface area contributed by atoms with Crippen molar-refractivity contribution in [1.29, 1.82) is 0 Å². The van der Waals surface area contributed by atoms with Gasteiger partial charge in [-0.3, -0.25) is 14.5 Å². The molecule has 3 aromatic carbocycles. The number of ether oxygens (including phenoxy) is 1. The average molecular weight is 482 g/mol. The van der Waals surface area contributed by atoms with Gasteiger partial charge in [-0.05, 0) is 36.2 Å². The molecular formula is C29H27N3O4. The van der Waals surface area contributed by atoms with E-state index < -0.39 is 6.04 Å². The van der Waals surface area contributed by atoms with Gasteiger partial charge in [0.1, 0.15) is 11.8 Å². The molecule has 0 aliphatic carbocycles. The Labute approximate surface area is 209 Å². The molecule has 4 aromatic rings. The average Bonchev–Trinajstić information content (AvgIpc) is 3.29. The Kier molecular flexibility index (Phi) is 6.64. The summed E-state index contributed by atoms with van der Waals surface area (Å²) in [5.74, 6) is -0.379. The number of carbonyl (C=O) groups is 2. The molecule has 1 amide bonds. The minimum Gasteiger partial charge on any atom is -0.508 e. The number of likely N-dealkylation sites (tertiary alicyclic amines) is 1. The van der Waals surface area contributed by atoms with E-state index in [0.29, 0.717) is 25.1 Å². The first-order valence-electron chi connectivity index (χ1n) is 11.9. The number of carbonyl (C=O) groups excluding carboxylic acids is 2. The van der Waals surface area contributed by atoms with Crippen molar-refractivity contribution in [2.45, 2.75) is 25.0 Å². The number of pyridine rings is 1. The summed E-state index contributed by atoms with van der Waals surface area (Å²) < 4.78 is 5.04. The molecule has 1 aromatic heterocycles. The fraction of sp³-hybridized carbons (Fsp3) is 0.207. The largest absolute Gasteiger partial charge is 0.508 e. The second kappa shape index (κ2) is 10.2. The topological polar surface area (TPSA) is 91.8 Å². The molecule has 1 saturated heterocycles. The number of aromatic hydroxyl groups is 1. The number of esters is 1. The quantitative estimate of drug-likeness (QED) is 0.402. The SMILES string of the molecule is COC(=O)[C@@H]1C[C@@H](NC(=O)c2cc(-c3ccccc3)nc3ccccc23)CN1Cc1cccc(O)c1. The zero-order chi connectivity index (χ0) is 25.1. The van der Waals surface area contributed by atoms with Crippen molar-refractivity contribution >= 4 is 22.8 Å². The van der Waals surface area contributed by atoms with Crippen molar-refractivity contribution in [3.8, 4) is 17.0 Å². The number of amides is 1. The van der Waals surface area contributed by atoms with Crippen LogP contribution >= 0.6 is 0 Å². The number of methoxy groups -OCH3 is 1. The number of benzene rings is 3. The fourth-order valence-electron chi connectivity index (χ4n) is 4.84. The van der Waals surface area contributed by atoms with E-state index in [4.69, 9.17) is 9.72 Å². The van der Waals surface area contributed by atoms with Gasteiger partial charge in [-0.1, -0.05) is 60.7 Å². The van der Waals surface area contributed by atoms with E-state index in [2.05, 4.69) is 5.32 Å². The zero-order valence-electron chi connectivity index (χ0n) is 19.9. The van der Waals surface area contributed by atoms with Gasteiger partial charge in [0.2, 0.25) is 0 Å². The van der Waals surface area contributed by atoms with Crippen LogP contribution in [-0.4, -0.2) is 52.6 Å². The van der Waals surface area contributed by atoms with Crippen LogP contribution < -0.4 is 5.32 Å². The predicted molar refractivity (Wildman–Crippen MR) is 137 cm³/mol. The lowest BCUT2D eigenvalue weighted by molar-refractivity contribution is -0.146. The maximum absolute atomic E-state index is 13.5. The highest BCUT2D eigenvalue weighted by Crippen LogP contribution is 2.27. The molecule has 1 aliphatic heterocycles. The number of phenols is 1. The van der Waals surface area contributed by atoms with Gasteiger partial charge >= 0.3 is 5.97 Å². The van der Waals surface area contributed by atoms with Gasteiger partial charge in [-0.25, -0.2) is 4.98 Å². The Hall–Kier alpha value is -4.23. The van der Waals surface area contributed by atoms with Crippen molar-refractivity contribution in [3.05, 3.63) is 96.1 Å². The lowest BCUT2D eigenvalue weighted by Gasteiger charge is -2.22. The summed E-state index contributed by atoms with van der Waals surface area (Å²) in [5.41, 5.74) is 3.82. The number of nitrogens with one attached hydrogen (secondary N) is 1. The molecule has 36 heavy (non-hydrogen) atoms. The Bertz CT molecular complexity index is 1410. The van der Waals surface area contributed by atoms with Crippen LogP contribution in [0.3, 0.4) is 0 Å². The van der Waals surface area contributed by atoms with E-state index in [1.807, 2.05) is 71.6 Å². The van der Waals surface area contributed by atoms with Gasteiger partial charge in [0.25, 0.3) is 5.91 Å². The van der Waals surface area contributed by atoms with Crippen LogP contribution in [0.25, 0.3) is 22.2 Å². The third-order valence-corrected chi connectivity index (χ3v) is 6.54. The summed E-state index contributed by atoms with van der Waals surface area (Å²) in [7, 11) is 1.37. The highest BCUT2D eigenvalue weighted by atomic mass is 16.5. The van der Waals surface area contributed by atoms with Crippen LogP contribution in [0, 0.1) is 0 Å². The van der Waals surface area contributed by atoms with Crippen LogP contribution in [0.4, 0.5) is 0 Å². The van der Waals surface area contributed by atoms with E-state index in [1.165, 1.54) is 7.11 Å². The minimum atomic E-state index is -0.489. The van der Waals surface area contributed by atoms with Crippen molar-refractivity contribution in [2.75, 3.05) is 13.7 Å². The Morgan fingerprint density at radius 1 is 1.03 bits per heavy atom. The number of aromatic nitrogens is 1. The van der Waals surface area contributed by atoms with Gasteiger partial charge in [0.15, 0.2) is 0 Å². The van der Waals surface area contributed by atoms with E-state index >= 15 is 0 Å². The van der Waals surface area contributed by atoms with Crippen molar-refractivity contribution < 1.29 is 19.4 Å². The Morgan fingerprint density at radius 3 is 2.58 bits per heavy atom. The highest BCUT2D eigenvalue weighted by molar-refractivity contribution is 6.07. The number of hydrogen-bond donors (Lipinski definition) is 2. The standard InChI is InChI=1S/C29H27N3O4/c1-36-29(35)27-15-21(18-32(27)17-19-8-7-11-22(33)14-19)30-28(34)24-16-26(20-9-3-2-4-10-20)31-25-13-6-5-12-23(24)25/h2-14,16,21,27,33H,15,17-18H2,1H3,(H,30,34)/t21-,27+/m1/s1. The summed E-state index contributed by atoms with van der Waals surface area (Å²) in [6, 6.07) is 25.4. The van der Waals surface area contributed by atoms with E-state index in [9.17, 15) is 14.7 Å². The summed E-state index contributed by atoms with van der Waals surface area (Å²) >= 11 is 0. The number of fused-ring (bicyclic) bond motifs is 1. The smallest absolute Gasteiger partial charge is 0.323 e. The highest BCUT2D eigenvalue weighted by Gasteiger charge is 2.38. The maximum Gasteiger partial charge on any atom is 0.323 e. The molecule has 2 heterocycles. The van der Waals surface area contributed by atoms with Crippen molar-refractivity contribution in [3.63, 3.8) is 0 Å². The molecule has 2 N–H and O–H groups in total. The van der Waals surface area contributed by atoms with E-state index in [0.717, 1.165) is 27.7 Å². The third kappa shape index (κ3) is 4.92. The van der Waals surface area contributed by atoms with E-state index in [-0.39, 0.29) is 23.7 Å². The van der Waals surface area contributed by atoms with Gasteiger partial charge in [-0.2, -0.15) is 0 Å². The summed E-state index contributed by atoms with van der Waals surface area (Å²) in [5, 5.41) is 13.7. The molecule has 1 fully saturated rings. The molecule has 7 heteroatoms. The normalized spacial score (nSPS) is 17.7. The molecule has 0 radical (unpaired) electrons. The summed E-state index contributed by atoms with van der Waals surface area (Å²) in [4.78, 5) is 32.8. The fourth-order valence-corrected chi connectivity index (χ4v) is 4.84. The van der Waals surface area contributed by atoms with Crippen LogP contribution in [-0.2, 0) is 16.1 Å². The molecule has 0 bridgehead atoms. The first-order valence-corrected chi connectivity index (χ1v) is 11.9. The first-order chi connectivity index (χ1) is 17.5. The summed E-state index contributed by atoms with van der Waals surface area (Å²) in [6.07, 6.45) is 0.436. The van der Waals surface area contributed by atoms with Crippen LogP contribution in [0.5, 0.6) is 5.75 Å². The molecule has 7 nitrogen and oxygen atoms in total. The van der Waals surface area contributed by atoms with Crippen molar-refractivity contribution in [1.82, 2.24) is 15.2 Å². The number of para-hydroxylation sites is 1. The van der Waals surface area contributed by atoms with Gasteiger partial charge in [-0.15, -0.1) is 0 Å². The number of rotatable bonds is 6. The third-order valence-electron chi connectivity index (χ3n) is 6.54. The molecule has 0 unspecified atom stereocenters. The number of nitrogens with zero attached hydrogens (tertiary/aromatic N) is 2. The predicted octanol–water partition coefficient (Wildman–Crippen LogP) is 4.15. The molecule has 0 saturated carbocycles. The second-order valence-corrected chi connectivity index (χ2v) is 8.98. The van der Waals surface area contributed by atoms with Gasteiger partial charge in [0, 0.05) is 30.1 Å². The Balaban J connectivity index is 1.41. The number of hydrogen-bond acceptors (Lipinski definition) is 6. The number of phenolic OH excluding ortho intramolecular Hbond substituents is 1. The van der Waals surface area contributed by atoms with Gasteiger partial charge in [0.05, 0.1) is 23.9 Å². The molecule has 1 aliphatic rings. The van der Waals surface area contributed by atoms with E-state index in [1.54, 1.807) is 18.2 Å². The lowest BCUT2D eigenvalue weighted by Crippen LogP contribution is -2.37. The molecule has 0 spiro atoms. The van der Waals surface area contributed by atoms with Gasteiger partial charge < -0.3 is 15.2 Å². The second-order valence-electron chi connectivity index (χ2n) is 8.98. The van der Waals surface area contributed by atoms with Crippen molar-refractivity contribution in [2.24, 2.45) is 0 Å². The first kappa shape index (κ1) is 23.5. The van der Waals surface area contributed by atoms with Crippen LogP contribution in [0.1, 0.15) is 22.3 Å². The molecular weight excluding hydrogens is 454 g/mol. The maximum atomic E-state index is 13.5. The Morgan fingerprint density at radius 2 is 1.81 bits per heavy atom. The zero-order valence-corrected chi connectivity index (χ0v) is 19.9.